The highest BCUT2D eigenvalue weighted by Gasteiger charge is 2.15. The number of carbonyl (C=O) groups is 1. The maximum atomic E-state index is 12.4. The molecule has 0 saturated heterocycles. The number of ether oxygens (including phenoxy) is 1. The van der Waals surface area contributed by atoms with E-state index in [0.29, 0.717) is 5.56 Å². The molecule has 0 unspecified atom stereocenters. The van der Waals surface area contributed by atoms with Gasteiger partial charge in [0.15, 0.2) is 11.5 Å². The van der Waals surface area contributed by atoms with Gasteiger partial charge in [0.1, 0.15) is 0 Å². The average molecular weight is 389 g/mol. The zero-order chi connectivity index (χ0) is 18.7. The fourth-order valence-electron chi connectivity index (χ4n) is 2.52. The Bertz CT molecular complexity index is 1010. The van der Waals surface area contributed by atoms with Gasteiger partial charge in [0.2, 0.25) is 0 Å². The molecule has 0 aliphatic heterocycles. The van der Waals surface area contributed by atoms with Gasteiger partial charge in [0, 0.05) is 11.6 Å². The quantitative estimate of drug-likeness (QED) is 0.505. The largest absolute Gasteiger partial charge is 0.504 e. The van der Waals surface area contributed by atoms with Gasteiger partial charge in [-0.3, -0.25) is 4.79 Å². The Morgan fingerprint density at radius 3 is 2.69 bits per heavy atom. The van der Waals surface area contributed by atoms with E-state index in [1.165, 1.54) is 19.4 Å². The second-order valence-corrected chi connectivity index (χ2v) is 6.15. The molecule has 2 N–H and O–H groups in total. The van der Waals surface area contributed by atoms with Gasteiger partial charge in [0.25, 0.3) is 5.91 Å². The minimum absolute atomic E-state index is 0.105. The number of aromatic hydroxyl groups is 1. The number of phenolic OH excluding ortho intramolecular Hbond substituents is 1. The molecule has 1 amide bonds. The molecule has 0 aromatic heterocycles. The van der Waals surface area contributed by atoms with Crippen LogP contribution in [0.15, 0.2) is 53.6 Å². The van der Waals surface area contributed by atoms with Gasteiger partial charge in [-0.05, 0) is 16.8 Å². The third-order valence-electron chi connectivity index (χ3n) is 3.81. The van der Waals surface area contributed by atoms with Gasteiger partial charge in [-0.2, -0.15) is 5.10 Å². The lowest BCUT2D eigenvalue weighted by Gasteiger charge is -2.09. The standard InChI is InChI=1S/C19H14Cl2N2O3/c1-26-16-9-15(20)17(21)14(18(16)24)10-22-23-19(25)13-8-4-6-11-5-2-3-7-12(11)13/h2-10,24H,1H3,(H,23,25). The number of nitrogens with one attached hydrogen (secondary N) is 1. The lowest BCUT2D eigenvalue weighted by molar-refractivity contribution is 0.0957. The number of methoxy groups -OCH3 is 1. The van der Waals surface area contributed by atoms with Gasteiger partial charge < -0.3 is 9.84 Å². The first kappa shape index (κ1) is 18.0. The Balaban J connectivity index is 1.87. The zero-order valence-corrected chi connectivity index (χ0v) is 15.2. The van der Waals surface area contributed by atoms with E-state index in [0.717, 1.165) is 10.8 Å². The number of phenols is 1. The van der Waals surface area contributed by atoms with Crippen LogP contribution in [-0.4, -0.2) is 24.3 Å². The normalized spacial score (nSPS) is 11.0. The Hall–Kier alpha value is -2.76. The summed E-state index contributed by atoms with van der Waals surface area (Å²) in [6, 6.07) is 14.4. The minimum atomic E-state index is -0.386. The van der Waals surface area contributed by atoms with Gasteiger partial charge in [-0.15, -0.1) is 0 Å². The fraction of sp³-hybridized carbons (Fsp3) is 0.0526. The maximum absolute atomic E-state index is 12.4. The Morgan fingerprint density at radius 1 is 1.19 bits per heavy atom. The minimum Gasteiger partial charge on any atom is -0.504 e. The predicted molar refractivity (Wildman–Crippen MR) is 104 cm³/mol. The third kappa shape index (κ3) is 3.45. The van der Waals surface area contributed by atoms with E-state index in [-0.39, 0.29) is 33.0 Å². The van der Waals surface area contributed by atoms with E-state index >= 15 is 0 Å². The molecule has 0 aliphatic rings. The summed E-state index contributed by atoms with van der Waals surface area (Å²) in [5, 5.41) is 16.1. The molecular weight excluding hydrogens is 375 g/mol. The van der Waals surface area contributed by atoms with Crippen molar-refractivity contribution in [2.24, 2.45) is 5.10 Å². The van der Waals surface area contributed by atoms with Crippen LogP contribution in [0.4, 0.5) is 0 Å². The number of hydrogen-bond acceptors (Lipinski definition) is 4. The van der Waals surface area contributed by atoms with Gasteiger partial charge >= 0.3 is 0 Å². The first-order valence-corrected chi connectivity index (χ1v) is 8.34. The SMILES string of the molecule is COc1cc(Cl)c(Cl)c(C=NNC(=O)c2cccc3ccccc23)c1O. The van der Waals surface area contributed by atoms with E-state index in [1.807, 2.05) is 30.3 Å². The lowest BCUT2D eigenvalue weighted by Crippen LogP contribution is -2.18. The number of rotatable bonds is 4. The molecule has 0 heterocycles. The summed E-state index contributed by atoms with van der Waals surface area (Å²) in [5.41, 5.74) is 3.06. The molecular formula is C19H14Cl2N2O3. The first-order valence-electron chi connectivity index (χ1n) is 7.59. The molecule has 5 nitrogen and oxygen atoms in total. The fourth-order valence-corrected chi connectivity index (χ4v) is 2.92. The zero-order valence-electron chi connectivity index (χ0n) is 13.7. The van der Waals surface area contributed by atoms with Gasteiger partial charge in [-0.1, -0.05) is 59.6 Å². The van der Waals surface area contributed by atoms with Crippen LogP contribution in [0.1, 0.15) is 15.9 Å². The molecule has 0 fully saturated rings. The van der Waals surface area contributed by atoms with Gasteiger partial charge in [-0.25, -0.2) is 5.43 Å². The van der Waals surface area contributed by atoms with Crippen molar-refractivity contribution in [3.63, 3.8) is 0 Å². The highest BCUT2D eigenvalue weighted by atomic mass is 35.5. The van der Waals surface area contributed by atoms with Crippen molar-refractivity contribution in [3.05, 3.63) is 69.7 Å². The molecule has 132 valence electrons. The van der Waals surface area contributed by atoms with Crippen molar-refractivity contribution >= 4 is 46.1 Å². The number of carbonyl (C=O) groups excluding carboxylic acids is 1. The number of nitrogens with zero attached hydrogens (tertiary/aromatic N) is 1. The Morgan fingerprint density at radius 2 is 1.92 bits per heavy atom. The summed E-state index contributed by atoms with van der Waals surface area (Å²) < 4.78 is 5.02. The molecule has 0 bridgehead atoms. The summed E-state index contributed by atoms with van der Waals surface area (Å²) in [4.78, 5) is 12.4. The van der Waals surface area contributed by atoms with Crippen molar-refractivity contribution in [2.45, 2.75) is 0 Å². The van der Waals surface area contributed by atoms with Crippen LogP contribution >= 0.6 is 23.2 Å². The number of amides is 1. The second-order valence-electron chi connectivity index (χ2n) is 5.36. The van der Waals surface area contributed by atoms with Crippen LogP contribution in [0.5, 0.6) is 11.5 Å². The number of hydrazone groups is 1. The van der Waals surface area contributed by atoms with Crippen molar-refractivity contribution < 1.29 is 14.6 Å². The number of hydrogen-bond donors (Lipinski definition) is 2. The summed E-state index contributed by atoms with van der Waals surface area (Å²) in [7, 11) is 1.39. The topological polar surface area (TPSA) is 70.9 Å². The number of fused-ring (bicyclic) bond motifs is 1. The van der Waals surface area contributed by atoms with Crippen molar-refractivity contribution in [1.29, 1.82) is 0 Å². The van der Waals surface area contributed by atoms with E-state index in [9.17, 15) is 9.90 Å². The summed E-state index contributed by atoms with van der Waals surface area (Å²) >= 11 is 12.1. The van der Waals surface area contributed by atoms with E-state index in [4.69, 9.17) is 27.9 Å². The summed E-state index contributed by atoms with van der Waals surface area (Å²) in [6.45, 7) is 0. The Labute approximate surface area is 159 Å². The molecule has 3 aromatic carbocycles. The van der Waals surface area contributed by atoms with E-state index in [2.05, 4.69) is 10.5 Å². The summed E-state index contributed by atoms with van der Waals surface area (Å²) in [5.74, 6) is -0.450. The smallest absolute Gasteiger partial charge is 0.271 e. The van der Waals surface area contributed by atoms with Crippen LogP contribution in [-0.2, 0) is 0 Å². The van der Waals surface area contributed by atoms with E-state index in [1.54, 1.807) is 12.1 Å². The van der Waals surface area contributed by atoms with Crippen molar-refractivity contribution in [3.8, 4) is 11.5 Å². The van der Waals surface area contributed by atoms with Crippen LogP contribution in [0, 0.1) is 0 Å². The van der Waals surface area contributed by atoms with Crippen LogP contribution in [0.2, 0.25) is 10.0 Å². The highest BCUT2D eigenvalue weighted by molar-refractivity contribution is 6.43. The Kier molecular flexibility index (Phi) is 5.30. The second kappa shape index (κ2) is 7.64. The van der Waals surface area contributed by atoms with Crippen LogP contribution in [0.25, 0.3) is 10.8 Å². The van der Waals surface area contributed by atoms with Crippen molar-refractivity contribution in [1.82, 2.24) is 5.43 Å². The first-order chi connectivity index (χ1) is 12.5. The molecule has 0 aliphatic carbocycles. The monoisotopic (exact) mass is 388 g/mol. The lowest BCUT2D eigenvalue weighted by atomic mass is 10.0. The third-order valence-corrected chi connectivity index (χ3v) is 4.61. The highest BCUT2D eigenvalue weighted by Crippen LogP contribution is 2.39. The summed E-state index contributed by atoms with van der Waals surface area (Å²) in [6.07, 6.45) is 1.22. The number of halogens is 2. The molecule has 7 heteroatoms. The average Bonchev–Trinajstić information content (AvgIpc) is 2.66. The van der Waals surface area contributed by atoms with Crippen LogP contribution in [0.3, 0.4) is 0 Å². The molecule has 0 spiro atoms. The van der Waals surface area contributed by atoms with Crippen molar-refractivity contribution in [2.75, 3.05) is 7.11 Å². The molecule has 3 rings (SSSR count). The van der Waals surface area contributed by atoms with Crippen LogP contribution < -0.4 is 10.2 Å². The molecule has 3 aromatic rings. The van der Waals surface area contributed by atoms with E-state index < -0.39 is 0 Å². The molecule has 0 saturated carbocycles. The predicted octanol–water partition coefficient (Wildman–Crippen LogP) is 4.62. The number of benzene rings is 3. The maximum Gasteiger partial charge on any atom is 0.271 e. The molecule has 26 heavy (non-hydrogen) atoms. The van der Waals surface area contributed by atoms with Gasteiger partial charge in [0.05, 0.1) is 28.9 Å². The molecule has 0 radical (unpaired) electrons. The molecule has 0 atom stereocenters.